The van der Waals surface area contributed by atoms with E-state index >= 15 is 0 Å². The van der Waals surface area contributed by atoms with Gasteiger partial charge in [0.25, 0.3) is 0 Å². The van der Waals surface area contributed by atoms with E-state index in [2.05, 4.69) is 17.2 Å². The van der Waals surface area contributed by atoms with Gasteiger partial charge in [-0.3, -0.25) is 4.98 Å². The normalized spacial score (nSPS) is 24.4. The van der Waals surface area contributed by atoms with Crippen molar-refractivity contribution in [2.45, 2.75) is 45.1 Å². The Labute approximate surface area is 104 Å². The summed E-state index contributed by atoms with van der Waals surface area (Å²) in [6.45, 7) is 2.26. The van der Waals surface area contributed by atoms with Crippen LogP contribution in [-0.4, -0.2) is 18.1 Å². The standard InChI is InChI=1S/C14H22N2O/c1-3-11-6-4-5-7-14(11)17-13-8-12(15-2)9-16-10-13/h8-11,14-15H,3-7H2,1-2H3. The highest BCUT2D eigenvalue weighted by molar-refractivity contribution is 5.44. The van der Waals surface area contributed by atoms with Crippen LogP contribution in [-0.2, 0) is 0 Å². The predicted molar refractivity (Wildman–Crippen MR) is 70.4 cm³/mol. The predicted octanol–water partition coefficient (Wildman–Crippen LogP) is 3.47. The number of nitrogens with one attached hydrogen (secondary N) is 1. The number of hydrogen-bond donors (Lipinski definition) is 1. The molecule has 0 amide bonds. The summed E-state index contributed by atoms with van der Waals surface area (Å²) < 4.78 is 6.10. The number of pyridine rings is 1. The van der Waals surface area contributed by atoms with Crippen LogP contribution in [0.3, 0.4) is 0 Å². The molecule has 1 fully saturated rings. The average Bonchev–Trinajstić information content (AvgIpc) is 2.39. The molecule has 2 atom stereocenters. The molecule has 2 unspecified atom stereocenters. The summed E-state index contributed by atoms with van der Waals surface area (Å²) in [5.41, 5.74) is 1.01. The molecule has 0 radical (unpaired) electrons. The van der Waals surface area contributed by atoms with Crippen molar-refractivity contribution < 1.29 is 4.74 Å². The van der Waals surface area contributed by atoms with Crippen molar-refractivity contribution in [3.05, 3.63) is 18.5 Å². The molecule has 0 aromatic carbocycles. The largest absolute Gasteiger partial charge is 0.488 e. The van der Waals surface area contributed by atoms with Crippen molar-refractivity contribution in [2.75, 3.05) is 12.4 Å². The summed E-state index contributed by atoms with van der Waals surface area (Å²) in [5, 5.41) is 3.09. The molecule has 1 aromatic heterocycles. The number of hydrogen-bond acceptors (Lipinski definition) is 3. The first-order chi connectivity index (χ1) is 8.33. The van der Waals surface area contributed by atoms with Crippen molar-refractivity contribution in [3.63, 3.8) is 0 Å². The van der Waals surface area contributed by atoms with Crippen LogP contribution in [0.2, 0.25) is 0 Å². The highest BCUT2D eigenvalue weighted by atomic mass is 16.5. The monoisotopic (exact) mass is 234 g/mol. The van der Waals surface area contributed by atoms with E-state index in [9.17, 15) is 0 Å². The maximum atomic E-state index is 6.10. The van der Waals surface area contributed by atoms with Crippen LogP contribution >= 0.6 is 0 Å². The first-order valence-corrected chi connectivity index (χ1v) is 6.63. The molecule has 0 bridgehead atoms. The lowest BCUT2D eigenvalue weighted by atomic mass is 9.85. The van der Waals surface area contributed by atoms with Crippen molar-refractivity contribution in [1.82, 2.24) is 4.98 Å². The Morgan fingerprint density at radius 3 is 2.94 bits per heavy atom. The summed E-state index contributed by atoms with van der Waals surface area (Å²) >= 11 is 0. The smallest absolute Gasteiger partial charge is 0.140 e. The topological polar surface area (TPSA) is 34.1 Å². The quantitative estimate of drug-likeness (QED) is 0.866. The Morgan fingerprint density at radius 2 is 2.18 bits per heavy atom. The first kappa shape index (κ1) is 12.2. The molecular formula is C14H22N2O. The molecule has 0 aliphatic heterocycles. The third-order valence-corrected chi connectivity index (χ3v) is 3.65. The fourth-order valence-electron chi connectivity index (χ4n) is 2.59. The van der Waals surface area contributed by atoms with Crippen molar-refractivity contribution >= 4 is 5.69 Å². The van der Waals surface area contributed by atoms with E-state index in [1.165, 1.54) is 32.1 Å². The van der Waals surface area contributed by atoms with E-state index in [4.69, 9.17) is 4.74 Å². The second kappa shape index (κ2) is 5.89. The summed E-state index contributed by atoms with van der Waals surface area (Å²) in [5.74, 6) is 1.60. The average molecular weight is 234 g/mol. The fourth-order valence-corrected chi connectivity index (χ4v) is 2.59. The molecule has 1 N–H and O–H groups in total. The van der Waals surface area contributed by atoms with Crippen LogP contribution < -0.4 is 10.1 Å². The van der Waals surface area contributed by atoms with Gasteiger partial charge in [0.1, 0.15) is 11.9 Å². The lowest BCUT2D eigenvalue weighted by molar-refractivity contribution is 0.0901. The van der Waals surface area contributed by atoms with Crippen LogP contribution in [0.25, 0.3) is 0 Å². The van der Waals surface area contributed by atoms with Gasteiger partial charge in [0.15, 0.2) is 0 Å². The number of nitrogens with zero attached hydrogens (tertiary/aromatic N) is 1. The Bertz CT molecular complexity index is 354. The van der Waals surface area contributed by atoms with Crippen molar-refractivity contribution in [1.29, 1.82) is 0 Å². The third-order valence-electron chi connectivity index (χ3n) is 3.65. The molecule has 0 saturated heterocycles. The van der Waals surface area contributed by atoms with Crippen LogP contribution in [0.5, 0.6) is 5.75 Å². The van der Waals surface area contributed by atoms with Gasteiger partial charge >= 0.3 is 0 Å². The third kappa shape index (κ3) is 3.11. The van der Waals surface area contributed by atoms with Gasteiger partial charge in [0.05, 0.1) is 18.1 Å². The zero-order chi connectivity index (χ0) is 12.1. The minimum absolute atomic E-state index is 0.377. The molecule has 0 spiro atoms. The minimum Gasteiger partial charge on any atom is -0.488 e. The van der Waals surface area contributed by atoms with Crippen LogP contribution in [0.1, 0.15) is 39.0 Å². The van der Waals surface area contributed by atoms with Crippen molar-refractivity contribution in [3.8, 4) is 5.75 Å². The molecule has 3 heteroatoms. The molecular weight excluding hydrogens is 212 g/mol. The maximum absolute atomic E-state index is 6.10. The van der Waals surface area contributed by atoms with Gasteiger partial charge < -0.3 is 10.1 Å². The maximum Gasteiger partial charge on any atom is 0.140 e. The van der Waals surface area contributed by atoms with Gasteiger partial charge in [0, 0.05) is 13.1 Å². The van der Waals surface area contributed by atoms with E-state index in [-0.39, 0.29) is 0 Å². The zero-order valence-corrected chi connectivity index (χ0v) is 10.8. The van der Waals surface area contributed by atoms with Gasteiger partial charge in [-0.05, 0) is 31.6 Å². The van der Waals surface area contributed by atoms with E-state index < -0.39 is 0 Å². The minimum atomic E-state index is 0.377. The molecule has 1 saturated carbocycles. The number of ether oxygens (including phenoxy) is 1. The van der Waals surface area contributed by atoms with Gasteiger partial charge in [-0.2, -0.15) is 0 Å². The van der Waals surface area contributed by atoms with E-state index in [0.717, 1.165) is 11.4 Å². The second-order valence-electron chi connectivity index (χ2n) is 4.77. The highest BCUT2D eigenvalue weighted by Crippen LogP contribution is 2.30. The lowest BCUT2D eigenvalue weighted by Crippen LogP contribution is -2.29. The molecule has 1 aromatic rings. The summed E-state index contributed by atoms with van der Waals surface area (Å²) in [4.78, 5) is 4.18. The highest BCUT2D eigenvalue weighted by Gasteiger charge is 2.25. The van der Waals surface area contributed by atoms with E-state index in [1.807, 2.05) is 25.5 Å². The SMILES string of the molecule is CCC1CCCCC1Oc1cncc(NC)c1. The van der Waals surface area contributed by atoms with E-state index in [1.54, 1.807) is 0 Å². The number of rotatable bonds is 4. The van der Waals surface area contributed by atoms with Gasteiger partial charge in [0.2, 0.25) is 0 Å². The first-order valence-electron chi connectivity index (χ1n) is 6.63. The summed E-state index contributed by atoms with van der Waals surface area (Å²) in [6.07, 6.45) is 10.3. The molecule has 17 heavy (non-hydrogen) atoms. The number of aromatic nitrogens is 1. The molecule has 1 aliphatic carbocycles. The van der Waals surface area contributed by atoms with Crippen LogP contribution in [0.4, 0.5) is 5.69 Å². The van der Waals surface area contributed by atoms with Crippen LogP contribution in [0, 0.1) is 5.92 Å². The fraction of sp³-hybridized carbons (Fsp3) is 0.643. The number of anilines is 1. The molecule has 1 aliphatic rings. The molecule has 3 nitrogen and oxygen atoms in total. The Kier molecular flexibility index (Phi) is 4.24. The summed E-state index contributed by atoms with van der Waals surface area (Å²) in [7, 11) is 1.90. The van der Waals surface area contributed by atoms with Gasteiger partial charge in [-0.1, -0.05) is 13.3 Å². The Hall–Kier alpha value is -1.25. The molecule has 94 valence electrons. The Balaban J connectivity index is 2.02. The summed E-state index contributed by atoms with van der Waals surface area (Å²) in [6, 6.07) is 2.02. The second-order valence-corrected chi connectivity index (χ2v) is 4.77. The van der Waals surface area contributed by atoms with Gasteiger partial charge in [-0.15, -0.1) is 0 Å². The van der Waals surface area contributed by atoms with Gasteiger partial charge in [-0.25, -0.2) is 0 Å². The van der Waals surface area contributed by atoms with E-state index in [0.29, 0.717) is 12.0 Å². The molecule has 1 heterocycles. The van der Waals surface area contributed by atoms with Crippen LogP contribution in [0.15, 0.2) is 18.5 Å². The van der Waals surface area contributed by atoms with Crippen molar-refractivity contribution in [2.24, 2.45) is 5.92 Å². The lowest BCUT2D eigenvalue weighted by Gasteiger charge is -2.31. The molecule has 2 rings (SSSR count). The zero-order valence-electron chi connectivity index (χ0n) is 10.8. The Morgan fingerprint density at radius 1 is 1.35 bits per heavy atom.